The third kappa shape index (κ3) is 4.47. The number of nitrogens with zero attached hydrogens (tertiary/aromatic N) is 2. The molecule has 2 N–H and O–H groups in total. The van der Waals surface area contributed by atoms with Crippen molar-refractivity contribution in [2.75, 3.05) is 18.4 Å². The average Bonchev–Trinajstić information content (AvgIpc) is 2.74. The number of hydrogen-bond acceptors (Lipinski definition) is 3. The molecule has 1 fully saturated rings. The molecule has 2 bridgehead atoms. The Hall–Kier alpha value is -3.16. The predicted molar refractivity (Wildman–Crippen MR) is 115 cm³/mol. The summed E-state index contributed by atoms with van der Waals surface area (Å²) in [6, 6.07) is 9.79. The molecule has 3 atom stereocenters. The first-order valence-corrected chi connectivity index (χ1v) is 10.6. The van der Waals surface area contributed by atoms with Gasteiger partial charge in [-0.15, -0.1) is 0 Å². The van der Waals surface area contributed by atoms with Crippen molar-refractivity contribution in [3.05, 3.63) is 64.3 Å². The summed E-state index contributed by atoms with van der Waals surface area (Å²) in [7, 11) is 0. The number of carbonyl (C=O) groups is 2. The number of carbonyl (C=O) groups excluding carboxylic acids is 2. The smallest absolute Gasteiger partial charge is 0.318 e. The Bertz CT molecular complexity index is 1030. The SMILES string of the molecule is CC(C)[C@H](NC(=O)N1C[C@H]2C[C@@H](C1)c1cccc(=O)n1C2)C(=O)Nc1ccc(F)cc1. The monoisotopic (exact) mass is 426 g/mol. The van der Waals surface area contributed by atoms with Crippen molar-refractivity contribution in [2.45, 2.75) is 38.8 Å². The fourth-order valence-electron chi connectivity index (χ4n) is 4.57. The quantitative estimate of drug-likeness (QED) is 0.789. The maximum atomic E-state index is 13.1. The molecule has 1 aromatic carbocycles. The standard InChI is InChI=1S/C23H27FN4O3/c1-14(2)21(22(30)25-18-8-6-17(24)7-9-18)26-23(31)27-11-15-10-16(13-27)19-4-3-5-20(29)28(19)12-15/h3-9,14-16,21H,10-13H2,1-2H3,(H,25,30)(H,26,31)/t15-,16+,21+/m1/s1. The van der Waals surface area contributed by atoms with Gasteiger partial charge in [0.15, 0.2) is 0 Å². The fourth-order valence-corrected chi connectivity index (χ4v) is 4.57. The molecule has 2 aliphatic rings. The normalized spacial score (nSPS) is 20.7. The topological polar surface area (TPSA) is 83.4 Å². The van der Waals surface area contributed by atoms with Crippen LogP contribution < -0.4 is 16.2 Å². The van der Waals surface area contributed by atoms with Crippen molar-refractivity contribution >= 4 is 17.6 Å². The van der Waals surface area contributed by atoms with Crippen LogP contribution in [0.3, 0.4) is 0 Å². The second kappa shape index (κ2) is 8.53. The van der Waals surface area contributed by atoms with E-state index < -0.39 is 6.04 Å². The Morgan fingerprint density at radius 1 is 1.06 bits per heavy atom. The van der Waals surface area contributed by atoms with Gasteiger partial charge in [0, 0.05) is 43.0 Å². The Morgan fingerprint density at radius 2 is 1.81 bits per heavy atom. The molecule has 0 unspecified atom stereocenters. The minimum absolute atomic E-state index is 0.00226. The average molecular weight is 426 g/mol. The number of benzene rings is 1. The zero-order chi connectivity index (χ0) is 22.1. The van der Waals surface area contributed by atoms with Gasteiger partial charge in [0.05, 0.1) is 0 Å². The van der Waals surface area contributed by atoms with Crippen molar-refractivity contribution in [1.82, 2.24) is 14.8 Å². The number of likely N-dealkylation sites (tertiary alicyclic amines) is 1. The van der Waals surface area contributed by atoms with Gasteiger partial charge in [-0.1, -0.05) is 19.9 Å². The highest BCUT2D eigenvalue weighted by atomic mass is 19.1. The Balaban J connectivity index is 1.44. The van der Waals surface area contributed by atoms with Gasteiger partial charge in [0.25, 0.3) is 5.56 Å². The highest BCUT2D eigenvalue weighted by Gasteiger charge is 2.37. The van der Waals surface area contributed by atoms with Crippen LogP contribution in [0.2, 0.25) is 0 Å². The van der Waals surface area contributed by atoms with Gasteiger partial charge in [-0.25, -0.2) is 9.18 Å². The van der Waals surface area contributed by atoms with E-state index >= 15 is 0 Å². The molecule has 1 aromatic heterocycles. The van der Waals surface area contributed by atoms with Gasteiger partial charge in [0.1, 0.15) is 11.9 Å². The summed E-state index contributed by atoms with van der Waals surface area (Å²) in [6.45, 7) is 5.39. The Morgan fingerprint density at radius 3 is 2.52 bits per heavy atom. The second-order valence-electron chi connectivity index (χ2n) is 8.77. The van der Waals surface area contributed by atoms with Crippen LogP contribution in [0.25, 0.3) is 0 Å². The molecule has 4 rings (SSSR count). The molecule has 31 heavy (non-hydrogen) atoms. The van der Waals surface area contributed by atoms with Gasteiger partial charge in [-0.3, -0.25) is 9.59 Å². The van der Waals surface area contributed by atoms with Gasteiger partial charge in [-0.05, 0) is 48.6 Å². The number of piperidine rings is 1. The minimum Gasteiger partial charge on any atom is -0.326 e. The van der Waals surface area contributed by atoms with Crippen molar-refractivity contribution in [1.29, 1.82) is 0 Å². The number of rotatable bonds is 4. The molecule has 3 amide bonds. The third-order valence-electron chi connectivity index (χ3n) is 6.11. The number of aromatic nitrogens is 1. The van der Waals surface area contributed by atoms with Gasteiger partial charge in [0.2, 0.25) is 5.91 Å². The predicted octanol–water partition coefficient (Wildman–Crippen LogP) is 2.78. The highest BCUT2D eigenvalue weighted by Crippen LogP contribution is 2.34. The lowest BCUT2D eigenvalue weighted by Gasteiger charge is -2.43. The van der Waals surface area contributed by atoms with E-state index in [0.717, 1.165) is 12.1 Å². The summed E-state index contributed by atoms with van der Waals surface area (Å²) in [6.07, 6.45) is 0.950. The van der Waals surface area contributed by atoms with E-state index in [4.69, 9.17) is 0 Å². The number of pyridine rings is 1. The van der Waals surface area contributed by atoms with Crippen LogP contribution in [0.1, 0.15) is 31.9 Å². The minimum atomic E-state index is -0.728. The van der Waals surface area contributed by atoms with Crippen LogP contribution in [-0.2, 0) is 11.3 Å². The van der Waals surface area contributed by atoms with Crippen molar-refractivity contribution < 1.29 is 14.0 Å². The zero-order valence-corrected chi connectivity index (χ0v) is 17.7. The van der Waals surface area contributed by atoms with E-state index in [-0.39, 0.29) is 41.1 Å². The molecule has 0 radical (unpaired) electrons. The summed E-state index contributed by atoms with van der Waals surface area (Å²) < 4.78 is 14.9. The molecular weight excluding hydrogens is 399 g/mol. The molecule has 1 saturated heterocycles. The van der Waals surface area contributed by atoms with Crippen LogP contribution in [0, 0.1) is 17.7 Å². The zero-order valence-electron chi connectivity index (χ0n) is 17.7. The number of hydrogen-bond donors (Lipinski definition) is 2. The molecule has 0 aliphatic carbocycles. The summed E-state index contributed by atoms with van der Waals surface area (Å²) in [5.41, 5.74) is 1.44. The van der Waals surface area contributed by atoms with Crippen molar-refractivity contribution in [3.63, 3.8) is 0 Å². The number of fused-ring (bicyclic) bond motifs is 4. The molecular formula is C23H27FN4O3. The highest BCUT2D eigenvalue weighted by molar-refractivity contribution is 5.97. The van der Waals surface area contributed by atoms with Crippen LogP contribution in [0.5, 0.6) is 0 Å². The van der Waals surface area contributed by atoms with E-state index in [0.29, 0.717) is 25.3 Å². The molecule has 2 aliphatic heterocycles. The maximum absolute atomic E-state index is 13.1. The van der Waals surface area contributed by atoms with E-state index in [1.54, 1.807) is 17.0 Å². The molecule has 7 nitrogen and oxygen atoms in total. The van der Waals surface area contributed by atoms with Gasteiger partial charge >= 0.3 is 6.03 Å². The summed E-state index contributed by atoms with van der Waals surface area (Å²) in [5.74, 6) is -0.538. The van der Waals surface area contributed by atoms with E-state index in [2.05, 4.69) is 10.6 Å². The molecule has 0 saturated carbocycles. The summed E-state index contributed by atoms with van der Waals surface area (Å²) in [5, 5.41) is 5.62. The molecule has 2 aromatic rings. The summed E-state index contributed by atoms with van der Waals surface area (Å²) in [4.78, 5) is 39.7. The molecule has 164 valence electrons. The molecule has 8 heteroatoms. The Kier molecular flexibility index (Phi) is 5.80. The Labute approximate surface area is 180 Å². The summed E-state index contributed by atoms with van der Waals surface area (Å²) >= 11 is 0. The van der Waals surface area contributed by atoms with Gasteiger partial charge in [-0.2, -0.15) is 0 Å². The van der Waals surface area contributed by atoms with Crippen LogP contribution >= 0.6 is 0 Å². The molecule has 0 spiro atoms. The van der Waals surface area contributed by atoms with Crippen LogP contribution in [0.4, 0.5) is 14.9 Å². The maximum Gasteiger partial charge on any atom is 0.318 e. The van der Waals surface area contributed by atoms with Crippen molar-refractivity contribution in [2.24, 2.45) is 11.8 Å². The van der Waals surface area contributed by atoms with E-state index in [1.165, 1.54) is 24.3 Å². The molecule has 3 heterocycles. The lowest BCUT2D eigenvalue weighted by atomic mass is 9.83. The second-order valence-corrected chi connectivity index (χ2v) is 8.77. The van der Waals surface area contributed by atoms with Crippen molar-refractivity contribution in [3.8, 4) is 0 Å². The van der Waals surface area contributed by atoms with E-state index in [1.807, 2.05) is 24.5 Å². The first-order valence-electron chi connectivity index (χ1n) is 10.6. The fraction of sp³-hybridized carbons (Fsp3) is 0.435. The lowest BCUT2D eigenvalue weighted by molar-refractivity contribution is -0.118. The first-order chi connectivity index (χ1) is 14.8. The van der Waals surface area contributed by atoms with Crippen LogP contribution in [-0.4, -0.2) is 40.5 Å². The number of halogens is 1. The number of amides is 3. The number of nitrogens with one attached hydrogen (secondary N) is 2. The number of urea groups is 1. The largest absolute Gasteiger partial charge is 0.326 e. The van der Waals surface area contributed by atoms with E-state index in [9.17, 15) is 18.8 Å². The van der Waals surface area contributed by atoms with Crippen LogP contribution in [0.15, 0.2) is 47.3 Å². The third-order valence-corrected chi connectivity index (χ3v) is 6.11. The van der Waals surface area contributed by atoms with Gasteiger partial charge < -0.3 is 20.1 Å². The number of anilines is 1. The first kappa shape index (κ1) is 21.1. The lowest BCUT2D eigenvalue weighted by Crippen LogP contribution is -2.56.